The summed E-state index contributed by atoms with van der Waals surface area (Å²) in [6.45, 7) is 0. The van der Waals surface area contributed by atoms with Crippen LogP contribution < -0.4 is 20.5 Å². The van der Waals surface area contributed by atoms with E-state index in [0.29, 0.717) is 34.2 Å². The molecule has 0 aliphatic rings. The number of para-hydroxylation sites is 1. The number of nitrogens with zero attached hydrogens (tertiary/aromatic N) is 2. The summed E-state index contributed by atoms with van der Waals surface area (Å²) in [6, 6.07) is 20.4. The van der Waals surface area contributed by atoms with E-state index in [1.165, 1.54) is 0 Å². The van der Waals surface area contributed by atoms with Gasteiger partial charge in [-0.1, -0.05) is 12.1 Å². The number of aromatic amines is 1. The monoisotopic (exact) mass is 429 g/mol. The minimum Gasteiger partial charge on any atom is -0.496 e. The molecular weight excluding hydrogens is 410 g/mol. The molecule has 4 aromatic rings. The first-order chi connectivity index (χ1) is 15.5. The van der Waals surface area contributed by atoms with Gasteiger partial charge in [-0.2, -0.15) is 4.98 Å². The maximum atomic E-state index is 12.5. The summed E-state index contributed by atoms with van der Waals surface area (Å²) in [7, 11) is 1.57. The second-order valence-electron chi connectivity index (χ2n) is 6.68. The Morgan fingerprint density at radius 1 is 0.906 bits per heavy atom. The van der Waals surface area contributed by atoms with E-state index in [9.17, 15) is 9.59 Å². The highest BCUT2D eigenvalue weighted by molar-refractivity contribution is 6.03. The first-order valence-corrected chi connectivity index (χ1v) is 9.58. The number of benzene rings is 3. The number of carbonyl (C=O) groups excluding carboxylic acids is 2. The predicted molar refractivity (Wildman–Crippen MR) is 118 cm³/mol. The summed E-state index contributed by atoms with van der Waals surface area (Å²) < 4.78 is 11.0. The number of methoxy groups -OCH3 is 1. The van der Waals surface area contributed by atoms with Crippen LogP contribution in [0.2, 0.25) is 0 Å². The minimum atomic E-state index is -0.506. The normalized spacial score (nSPS) is 10.4. The van der Waals surface area contributed by atoms with Crippen LogP contribution in [-0.2, 0) is 0 Å². The maximum absolute atomic E-state index is 12.5. The highest BCUT2D eigenvalue weighted by Crippen LogP contribution is 2.27. The van der Waals surface area contributed by atoms with E-state index >= 15 is 0 Å². The molecule has 4 rings (SSSR count). The smallest absolute Gasteiger partial charge is 0.258 e. The lowest BCUT2D eigenvalue weighted by Gasteiger charge is -2.07. The van der Waals surface area contributed by atoms with Gasteiger partial charge in [-0.15, -0.1) is 5.10 Å². The van der Waals surface area contributed by atoms with E-state index in [-0.39, 0.29) is 11.9 Å². The molecule has 0 bridgehead atoms. The maximum Gasteiger partial charge on any atom is 0.258 e. The van der Waals surface area contributed by atoms with Crippen molar-refractivity contribution in [2.75, 3.05) is 12.4 Å². The number of rotatable bonds is 7. The van der Waals surface area contributed by atoms with Crippen molar-refractivity contribution in [2.24, 2.45) is 5.73 Å². The molecule has 3 aromatic carbocycles. The number of anilines is 1. The summed E-state index contributed by atoms with van der Waals surface area (Å²) in [5.41, 5.74) is 6.76. The van der Waals surface area contributed by atoms with Crippen LogP contribution in [0, 0.1) is 0 Å². The summed E-state index contributed by atoms with van der Waals surface area (Å²) in [6.07, 6.45) is 0. The number of hydrogen-bond acceptors (Lipinski definition) is 6. The fourth-order valence-electron chi connectivity index (χ4n) is 2.95. The molecule has 9 nitrogen and oxygen atoms in total. The zero-order chi connectivity index (χ0) is 22.5. The Labute approximate surface area is 183 Å². The number of nitrogens with one attached hydrogen (secondary N) is 2. The van der Waals surface area contributed by atoms with Gasteiger partial charge in [0.2, 0.25) is 11.9 Å². The molecule has 0 aliphatic heterocycles. The fourth-order valence-corrected chi connectivity index (χ4v) is 2.95. The highest BCUT2D eigenvalue weighted by Gasteiger charge is 2.13. The van der Waals surface area contributed by atoms with Crippen molar-refractivity contribution in [3.05, 3.63) is 83.9 Å². The van der Waals surface area contributed by atoms with Crippen LogP contribution in [0.3, 0.4) is 0 Å². The van der Waals surface area contributed by atoms with E-state index in [1.807, 2.05) is 24.3 Å². The lowest BCUT2D eigenvalue weighted by atomic mass is 10.2. The number of H-pyrrole nitrogens is 1. The number of aromatic nitrogens is 3. The summed E-state index contributed by atoms with van der Waals surface area (Å²) in [5.74, 6) is 1.46. The third-order valence-corrected chi connectivity index (χ3v) is 4.56. The van der Waals surface area contributed by atoms with Gasteiger partial charge in [0.15, 0.2) is 5.82 Å². The van der Waals surface area contributed by atoms with E-state index in [0.717, 1.165) is 5.56 Å². The number of hydrogen-bond donors (Lipinski definition) is 3. The number of primary amides is 1. The Hall–Kier alpha value is -4.66. The lowest BCUT2D eigenvalue weighted by Crippen LogP contribution is -2.12. The van der Waals surface area contributed by atoms with Gasteiger partial charge in [0.25, 0.3) is 5.91 Å². The molecule has 0 unspecified atom stereocenters. The van der Waals surface area contributed by atoms with Crippen LogP contribution in [0.25, 0.3) is 11.4 Å². The van der Waals surface area contributed by atoms with E-state index < -0.39 is 5.91 Å². The molecule has 0 fully saturated rings. The van der Waals surface area contributed by atoms with Crippen LogP contribution in [-0.4, -0.2) is 34.1 Å². The van der Waals surface area contributed by atoms with Gasteiger partial charge in [0.05, 0.1) is 12.7 Å². The second kappa shape index (κ2) is 9.00. The number of nitrogens with two attached hydrogens (primary N) is 1. The topological polar surface area (TPSA) is 132 Å². The van der Waals surface area contributed by atoms with E-state index in [1.54, 1.807) is 55.6 Å². The highest BCUT2D eigenvalue weighted by atomic mass is 16.5. The molecule has 4 N–H and O–H groups in total. The lowest BCUT2D eigenvalue weighted by molar-refractivity contribution is 0.0997. The Balaban J connectivity index is 1.41. The van der Waals surface area contributed by atoms with Gasteiger partial charge >= 0.3 is 0 Å². The third-order valence-electron chi connectivity index (χ3n) is 4.56. The summed E-state index contributed by atoms with van der Waals surface area (Å²) in [5, 5.41) is 9.50. The average Bonchev–Trinajstić information content (AvgIpc) is 3.28. The Kier molecular flexibility index (Phi) is 5.80. The minimum absolute atomic E-state index is 0.144. The molecule has 2 amide bonds. The van der Waals surface area contributed by atoms with Crippen molar-refractivity contribution in [3.63, 3.8) is 0 Å². The second-order valence-corrected chi connectivity index (χ2v) is 6.68. The average molecular weight is 429 g/mol. The Bertz CT molecular complexity index is 1250. The van der Waals surface area contributed by atoms with Crippen LogP contribution in [0.15, 0.2) is 72.8 Å². The molecular formula is C23H19N5O4. The van der Waals surface area contributed by atoms with Gasteiger partial charge in [-0.05, 0) is 60.7 Å². The number of carbonyl (C=O) groups is 2. The Morgan fingerprint density at radius 3 is 2.16 bits per heavy atom. The van der Waals surface area contributed by atoms with Crippen molar-refractivity contribution in [1.29, 1.82) is 0 Å². The zero-order valence-electron chi connectivity index (χ0n) is 17.0. The van der Waals surface area contributed by atoms with Crippen molar-refractivity contribution >= 4 is 17.8 Å². The molecule has 0 saturated heterocycles. The fraction of sp³-hybridized carbons (Fsp3) is 0.0435. The molecule has 9 heteroatoms. The van der Waals surface area contributed by atoms with Gasteiger partial charge in [0, 0.05) is 11.1 Å². The molecule has 32 heavy (non-hydrogen) atoms. The van der Waals surface area contributed by atoms with Crippen molar-refractivity contribution < 1.29 is 19.1 Å². The molecule has 1 heterocycles. The van der Waals surface area contributed by atoms with Crippen LogP contribution in [0.1, 0.15) is 20.7 Å². The molecule has 0 spiro atoms. The quantitative estimate of drug-likeness (QED) is 0.411. The van der Waals surface area contributed by atoms with Gasteiger partial charge in [-0.3, -0.25) is 20.0 Å². The SMILES string of the molecule is COc1ccccc1-c1nc(NC(=O)c2ccc(Oc3ccc(C(N)=O)cc3)cc2)n[nH]1. The van der Waals surface area contributed by atoms with Crippen molar-refractivity contribution in [1.82, 2.24) is 15.2 Å². The van der Waals surface area contributed by atoms with Crippen LogP contribution >= 0.6 is 0 Å². The molecule has 0 aliphatic carbocycles. The van der Waals surface area contributed by atoms with Gasteiger partial charge < -0.3 is 15.2 Å². The predicted octanol–water partition coefficient (Wildman–Crippen LogP) is 3.62. The summed E-state index contributed by atoms with van der Waals surface area (Å²) >= 11 is 0. The first kappa shape index (κ1) is 20.6. The van der Waals surface area contributed by atoms with Crippen molar-refractivity contribution in [3.8, 4) is 28.6 Å². The molecule has 1 aromatic heterocycles. The molecule has 0 radical (unpaired) electrons. The number of ether oxygens (including phenoxy) is 2. The van der Waals surface area contributed by atoms with Gasteiger partial charge in [0.1, 0.15) is 17.2 Å². The van der Waals surface area contributed by atoms with E-state index in [4.69, 9.17) is 15.2 Å². The summed E-state index contributed by atoms with van der Waals surface area (Å²) in [4.78, 5) is 28.0. The van der Waals surface area contributed by atoms with Crippen LogP contribution in [0.4, 0.5) is 5.95 Å². The standard InChI is InChI=1S/C23H19N5O4/c1-31-19-5-3-2-4-18(19)21-25-23(28-27-21)26-22(30)15-8-12-17(13-9-15)32-16-10-6-14(7-11-16)20(24)29/h2-13H,1H3,(H2,24,29)(H2,25,26,27,28,30). The van der Waals surface area contributed by atoms with Gasteiger partial charge in [-0.25, -0.2) is 0 Å². The largest absolute Gasteiger partial charge is 0.496 e. The third kappa shape index (κ3) is 4.57. The molecule has 0 saturated carbocycles. The van der Waals surface area contributed by atoms with Crippen LogP contribution in [0.5, 0.6) is 17.2 Å². The zero-order valence-corrected chi connectivity index (χ0v) is 17.0. The first-order valence-electron chi connectivity index (χ1n) is 9.58. The molecule has 0 atom stereocenters. The Morgan fingerprint density at radius 2 is 1.53 bits per heavy atom. The van der Waals surface area contributed by atoms with E-state index in [2.05, 4.69) is 20.5 Å². The molecule has 160 valence electrons. The van der Waals surface area contributed by atoms with Crippen molar-refractivity contribution in [2.45, 2.75) is 0 Å². The number of amides is 2.